The average Bonchev–Trinajstić information content (AvgIpc) is 2.82. The summed E-state index contributed by atoms with van der Waals surface area (Å²) in [4.78, 5) is 21.3. The summed E-state index contributed by atoms with van der Waals surface area (Å²) in [6.45, 7) is 7.90. The number of nitrogens with one attached hydrogen (secondary N) is 1. The summed E-state index contributed by atoms with van der Waals surface area (Å²) in [5.41, 5.74) is 8.36. The van der Waals surface area contributed by atoms with E-state index in [2.05, 4.69) is 52.4 Å². The number of piperidine rings is 2. The van der Waals surface area contributed by atoms with E-state index in [0.29, 0.717) is 24.1 Å². The Balaban J connectivity index is 0.00000306. The van der Waals surface area contributed by atoms with Crippen LogP contribution < -0.4 is 11.1 Å². The Morgan fingerprint density at radius 1 is 1.06 bits per heavy atom. The molecule has 2 heterocycles. The zero-order valence-corrected chi connectivity index (χ0v) is 21.8. The molecule has 7 heteroatoms. The molecule has 2 aromatic carbocycles. The van der Waals surface area contributed by atoms with Gasteiger partial charge in [0.25, 0.3) is 0 Å². The molecule has 2 fully saturated rings. The zero-order chi connectivity index (χ0) is 22.3. The van der Waals surface area contributed by atoms with Crippen molar-refractivity contribution in [2.24, 2.45) is 16.6 Å². The molecule has 1 amide bonds. The lowest BCUT2D eigenvalue weighted by molar-refractivity contribution is 0.0372. The van der Waals surface area contributed by atoms with Crippen LogP contribution in [0.2, 0.25) is 0 Å². The molecule has 6 nitrogen and oxygen atoms in total. The van der Waals surface area contributed by atoms with Crippen molar-refractivity contribution >= 4 is 35.8 Å². The molecule has 0 aromatic heterocycles. The highest BCUT2D eigenvalue weighted by atomic mass is 127. The third-order valence-electron chi connectivity index (χ3n) is 6.70. The topological polar surface area (TPSA) is 74.0 Å². The number of aliphatic imine (C=N–C) groups is 1. The Morgan fingerprint density at radius 3 is 2.52 bits per heavy atom. The highest BCUT2D eigenvalue weighted by molar-refractivity contribution is 14.0. The number of benzene rings is 2. The molecule has 3 N–H and O–H groups in total. The van der Waals surface area contributed by atoms with Gasteiger partial charge in [0.2, 0.25) is 5.91 Å². The second-order valence-electron chi connectivity index (χ2n) is 8.89. The van der Waals surface area contributed by atoms with Gasteiger partial charge in [-0.3, -0.25) is 9.69 Å². The van der Waals surface area contributed by atoms with Crippen LogP contribution in [0.5, 0.6) is 0 Å². The van der Waals surface area contributed by atoms with Crippen molar-refractivity contribution in [2.45, 2.75) is 45.3 Å². The normalized spacial score (nSPS) is 21.1. The Kier molecular flexibility index (Phi) is 9.55. The van der Waals surface area contributed by atoms with Gasteiger partial charge in [0.05, 0.1) is 6.54 Å². The van der Waals surface area contributed by atoms with Crippen LogP contribution >= 0.6 is 24.0 Å². The molecule has 2 aliphatic heterocycles. The lowest BCUT2D eigenvalue weighted by Crippen LogP contribution is -2.56. The maximum Gasteiger partial charge on any atom is 0.248 e. The van der Waals surface area contributed by atoms with E-state index in [-0.39, 0.29) is 24.0 Å². The number of halogens is 1. The Morgan fingerprint density at radius 2 is 1.82 bits per heavy atom. The Hall–Kier alpha value is -2.13. The summed E-state index contributed by atoms with van der Waals surface area (Å²) in [6.07, 6.45) is 3.73. The number of hydrogen-bond donors (Lipinski definition) is 2. The third-order valence-corrected chi connectivity index (χ3v) is 6.70. The van der Waals surface area contributed by atoms with Crippen LogP contribution in [0.15, 0.2) is 59.6 Å². The van der Waals surface area contributed by atoms with Gasteiger partial charge in [0.1, 0.15) is 0 Å². The van der Waals surface area contributed by atoms with Crippen LogP contribution in [0.4, 0.5) is 0 Å². The summed E-state index contributed by atoms with van der Waals surface area (Å²) >= 11 is 0. The number of rotatable bonds is 6. The molecule has 178 valence electrons. The summed E-state index contributed by atoms with van der Waals surface area (Å²) < 4.78 is 0. The van der Waals surface area contributed by atoms with E-state index in [9.17, 15) is 4.79 Å². The molecule has 4 rings (SSSR count). The van der Waals surface area contributed by atoms with Crippen molar-refractivity contribution < 1.29 is 4.79 Å². The number of carbonyl (C=O) groups is 1. The molecule has 0 aliphatic carbocycles. The number of guanidine groups is 1. The van der Waals surface area contributed by atoms with Crippen LogP contribution in [-0.2, 0) is 13.1 Å². The van der Waals surface area contributed by atoms with Gasteiger partial charge >= 0.3 is 0 Å². The lowest BCUT2D eigenvalue weighted by atomic mass is 9.83. The fraction of sp³-hybridized carbons (Fsp3) is 0.462. The quantitative estimate of drug-likeness (QED) is 0.319. The maximum absolute atomic E-state index is 11.3. The van der Waals surface area contributed by atoms with Gasteiger partial charge in [-0.1, -0.05) is 42.5 Å². The van der Waals surface area contributed by atoms with Gasteiger partial charge in [0, 0.05) is 37.8 Å². The number of primary amides is 1. The van der Waals surface area contributed by atoms with E-state index in [0.717, 1.165) is 37.7 Å². The molecule has 33 heavy (non-hydrogen) atoms. The van der Waals surface area contributed by atoms with Gasteiger partial charge < -0.3 is 16.0 Å². The minimum atomic E-state index is -0.398. The van der Waals surface area contributed by atoms with Crippen molar-refractivity contribution in [1.82, 2.24) is 15.1 Å². The highest BCUT2D eigenvalue weighted by Crippen LogP contribution is 2.31. The minimum Gasteiger partial charge on any atom is -0.366 e. The molecule has 0 bridgehead atoms. The zero-order valence-electron chi connectivity index (χ0n) is 19.5. The second-order valence-corrected chi connectivity index (χ2v) is 8.89. The van der Waals surface area contributed by atoms with E-state index in [1.54, 1.807) is 12.1 Å². The van der Waals surface area contributed by atoms with Crippen molar-refractivity contribution in [3.8, 4) is 0 Å². The number of hydrogen-bond acceptors (Lipinski definition) is 3. The minimum absolute atomic E-state index is 0. The van der Waals surface area contributed by atoms with E-state index < -0.39 is 5.91 Å². The molecule has 2 atom stereocenters. The maximum atomic E-state index is 11.3. The highest BCUT2D eigenvalue weighted by Gasteiger charge is 2.36. The van der Waals surface area contributed by atoms with Crippen LogP contribution in [0.1, 0.15) is 47.7 Å². The van der Waals surface area contributed by atoms with Crippen molar-refractivity contribution in [2.75, 3.05) is 26.2 Å². The number of nitrogens with zero attached hydrogens (tertiary/aromatic N) is 3. The smallest absolute Gasteiger partial charge is 0.248 e. The largest absolute Gasteiger partial charge is 0.366 e. The Labute approximate surface area is 214 Å². The van der Waals surface area contributed by atoms with Crippen LogP contribution in [0.25, 0.3) is 0 Å². The number of nitrogens with two attached hydrogens (primary N) is 1. The van der Waals surface area contributed by atoms with Gasteiger partial charge in [-0.25, -0.2) is 4.99 Å². The first-order valence-electron chi connectivity index (χ1n) is 11.8. The summed E-state index contributed by atoms with van der Waals surface area (Å²) in [6, 6.07) is 18.9. The van der Waals surface area contributed by atoms with Crippen LogP contribution in [-0.4, -0.2) is 53.9 Å². The molecule has 0 spiro atoms. The fourth-order valence-corrected chi connectivity index (χ4v) is 5.08. The molecular formula is C26H36IN5O. The average molecular weight is 562 g/mol. The first-order valence-corrected chi connectivity index (χ1v) is 11.8. The summed E-state index contributed by atoms with van der Waals surface area (Å²) in [5.74, 6) is 1.27. The molecule has 2 unspecified atom stereocenters. The van der Waals surface area contributed by atoms with Gasteiger partial charge in [-0.2, -0.15) is 0 Å². The standard InChI is InChI=1S/C26H35N5O.HI/c1-2-28-26(29-17-20-10-12-22(13-11-20)25(27)32)31-16-14-24-23(19-31)9-6-15-30(24)18-21-7-4-3-5-8-21;/h3-5,7-8,10-13,23-24H,2,6,9,14-19H2,1H3,(H2,27,32)(H,28,29);1H. The summed E-state index contributed by atoms with van der Waals surface area (Å²) in [7, 11) is 0. The molecule has 0 radical (unpaired) electrons. The number of likely N-dealkylation sites (tertiary alicyclic amines) is 2. The first kappa shape index (κ1) is 25.5. The third kappa shape index (κ3) is 6.69. The second kappa shape index (κ2) is 12.4. The van der Waals surface area contributed by atoms with Crippen molar-refractivity contribution in [3.05, 3.63) is 71.3 Å². The van der Waals surface area contributed by atoms with Crippen molar-refractivity contribution in [3.63, 3.8) is 0 Å². The fourth-order valence-electron chi connectivity index (χ4n) is 5.08. The molecule has 0 saturated carbocycles. The SMILES string of the molecule is CCNC(=NCc1ccc(C(N)=O)cc1)N1CCC2C(CCCN2Cc2ccccc2)C1.I. The van der Waals surface area contributed by atoms with E-state index in [4.69, 9.17) is 10.7 Å². The molecule has 2 aromatic rings. The van der Waals surface area contributed by atoms with Gasteiger partial charge in [-0.15, -0.1) is 24.0 Å². The lowest BCUT2D eigenvalue weighted by Gasteiger charge is -2.48. The van der Waals surface area contributed by atoms with Crippen LogP contribution in [0, 0.1) is 5.92 Å². The molecule has 2 aliphatic rings. The number of carbonyl (C=O) groups excluding carboxylic acids is 1. The predicted molar refractivity (Wildman–Crippen MR) is 145 cm³/mol. The number of amides is 1. The van der Waals surface area contributed by atoms with Crippen LogP contribution in [0.3, 0.4) is 0 Å². The first-order chi connectivity index (χ1) is 15.6. The van der Waals surface area contributed by atoms with E-state index in [1.165, 1.54) is 31.4 Å². The monoisotopic (exact) mass is 561 g/mol. The van der Waals surface area contributed by atoms with Gasteiger partial charge in [0.15, 0.2) is 5.96 Å². The Bertz CT molecular complexity index is 918. The summed E-state index contributed by atoms with van der Waals surface area (Å²) in [5, 5.41) is 3.49. The molecule has 2 saturated heterocycles. The van der Waals surface area contributed by atoms with Crippen molar-refractivity contribution in [1.29, 1.82) is 0 Å². The molecular weight excluding hydrogens is 525 g/mol. The predicted octanol–water partition coefficient (Wildman–Crippen LogP) is 3.86. The number of fused-ring (bicyclic) bond motifs is 1. The van der Waals surface area contributed by atoms with Gasteiger partial charge in [-0.05, 0) is 61.9 Å². The van der Waals surface area contributed by atoms with E-state index in [1.807, 2.05) is 12.1 Å². The van der Waals surface area contributed by atoms with E-state index >= 15 is 0 Å².